The number of hydrogen-bond acceptors (Lipinski definition) is 6. The standard InChI is InChI=1S/C18H12N4OS/c19-9-12-8-16(14-4-1-2-5-15(14)21-12)20-10-13-11-23-18(22-13)17-6-3-7-24-17/h1-8,11H,10H2,(H,20,21). The van der Waals surface area contributed by atoms with Crippen molar-refractivity contribution in [3.63, 3.8) is 0 Å². The number of oxazole rings is 1. The molecule has 3 aromatic heterocycles. The van der Waals surface area contributed by atoms with Crippen LogP contribution in [-0.4, -0.2) is 9.97 Å². The minimum atomic E-state index is 0.385. The normalized spacial score (nSPS) is 10.6. The molecule has 0 radical (unpaired) electrons. The van der Waals surface area contributed by atoms with Gasteiger partial charge < -0.3 is 9.73 Å². The van der Waals surface area contributed by atoms with Crippen molar-refractivity contribution >= 4 is 27.9 Å². The Hall–Kier alpha value is -3.17. The molecule has 0 atom stereocenters. The van der Waals surface area contributed by atoms with Gasteiger partial charge in [-0.2, -0.15) is 5.26 Å². The summed E-state index contributed by atoms with van der Waals surface area (Å²) in [6.07, 6.45) is 1.65. The Labute approximate surface area is 142 Å². The van der Waals surface area contributed by atoms with Crippen molar-refractivity contribution in [2.45, 2.75) is 6.54 Å². The van der Waals surface area contributed by atoms with E-state index in [1.165, 1.54) is 0 Å². The predicted molar refractivity (Wildman–Crippen MR) is 93.6 cm³/mol. The average molecular weight is 332 g/mol. The van der Waals surface area contributed by atoms with Crippen LogP contribution in [0.1, 0.15) is 11.4 Å². The fourth-order valence-electron chi connectivity index (χ4n) is 2.47. The lowest BCUT2D eigenvalue weighted by atomic mass is 10.1. The summed E-state index contributed by atoms with van der Waals surface area (Å²) in [4.78, 5) is 9.81. The molecule has 0 spiro atoms. The van der Waals surface area contributed by atoms with Gasteiger partial charge in [0.2, 0.25) is 5.89 Å². The Kier molecular flexibility index (Phi) is 3.69. The Balaban J connectivity index is 1.60. The molecule has 0 aliphatic carbocycles. The molecule has 1 aromatic carbocycles. The summed E-state index contributed by atoms with van der Waals surface area (Å²) in [5, 5.41) is 15.4. The van der Waals surface area contributed by atoms with Crippen LogP contribution in [0.3, 0.4) is 0 Å². The smallest absolute Gasteiger partial charge is 0.236 e. The zero-order chi connectivity index (χ0) is 16.4. The number of benzene rings is 1. The van der Waals surface area contributed by atoms with E-state index in [0.717, 1.165) is 27.2 Å². The van der Waals surface area contributed by atoms with Gasteiger partial charge in [0, 0.05) is 11.1 Å². The molecular formula is C18H12N4OS. The fraction of sp³-hybridized carbons (Fsp3) is 0.0556. The lowest BCUT2D eigenvalue weighted by Crippen LogP contribution is -2.01. The van der Waals surface area contributed by atoms with Crippen molar-refractivity contribution < 1.29 is 4.42 Å². The maximum atomic E-state index is 9.15. The number of nitriles is 1. The first-order valence-electron chi connectivity index (χ1n) is 7.35. The Morgan fingerprint density at radius 2 is 2.08 bits per heavy atom. The topological polar surface area (TPSA) is 74.7 Å². The molecule has 116 valence electrons. The van der Waals surface area contributed by atoms with Gasteiger partial charge in [0.15, 0.2) is 0 Å². The first-order chi connectivity index (χ1) is 11.8. The van der Waals surface area contributed by atoms with E-state index in [9.17, 15) is 0 Å². The molecule has 0 saturated carbocycles. The van der Waals surface area contributed by atoms with E-state index in [0.29, 0.717) is 18.1 Å². The van der Waals surface area contributed by atoms with Crippen LogP contribution >= 0.6 is 11.3 Å². The second kappa shape index (κ2) is 6.14. The van der Waals surface area contributed by atoms with E-state index in [4.69, 9.17) is 9.68 Å². The molecule has 3 heterocycles. The van der Waals surface area contributed by atoms with E-state index < -0.39 is 0 Å². The Morgan fingerprint density at radius 1 is 1.17 bits per heavy atom. The summed E-state index contributed by atoms with van der Waals surface area (Å²) >= 11 is 1.59. The zero-order valence-corrected chi connectivity index (χ0v) is 13.4. The summed E-state index contributed by atoms with van der Waals surface area (Å²) in [6, 6.07) is 15.5. The minimum absolute atomic E-state index is 0.385. The highest BCUT2D eigenvalue weighted by molar-refractivity contribution is 7.13. The van der Waals surface area contributed by atoms with E-state index in [-0.39, 0.29) is 0 Å². The summed E-state index contributed by atoms with van der Waals surface area (Å²) in [5.74, 6) is 0.624. The number of hydrogen-bond donors (Lipinski definition) is 1. The third kappa shape index (κ3) is 2.73. The molecule has 0 fully saturated rings. The first-order valence-corrected chi connectivity index (χ1v) is 8.23. The molecule has 0 amide bonds. The van der Waals surface area contributed by atoms with Gasteiger partial charge in [-0.1, -0.05) is 24.3 Å². The molecule has 4 rings (SSSR count). The van der Waals surface area contributed by atoms with Gasteiger partial charge in [0.05, 0.1) is 22.6 Å². The largest absolute Gasteiger partial charge is 0.443 e. The Bertz CT molecular complexity index is 1030. The van der Waals surface area contributed by atoms with E-state index in [1.54, 1.807) is 23.7 Å². The third-order valence-corrected chi connectivity index (χ3v) is 4.43. The van der Waals surface area contributed by atoms with Gasteiger partial charge in [-0.25, -0.2) is 9.97 Å². The van der Waals surface area contributed by atoms with Crippen molar-refractivity contribution in [3.05, 3.63) is 65.5 Å². The molecule has 0 aliphatic heterocycles. The summed E-state index contributed by atoms with van der Waals surface area (Å²) in [7, 11) is 0. The summed E-state index contributed by atoms with van der Waals surface area (Å²) in [5.41, 5.74) is 2.84. The fourth-order valence-corrected chi connectivity index (χ4v) is 3.12. The highest BCUT2D eigenvalue weighted by Crippen LogP contribution is 2.25. The van der Waals surface area contributed by atoms with Crippen LogP contribution in [-0.2, 0) is 6.54 Å². The second-order valence-electron chi connectivity index (χ2n) is 5.16. The van der Waals surface area contributed by atoms with Crippen LogP contribution in [0.15, 0.2) is 58.5 Å². The molecule has 0 aliphatic rings. The lowest BCUT2D eigenvalue weighted by molar-refractivity contribution is 0.574. The molecule has 6 heteroatoms. The molecule has 24 heavy (non-hydrogen) atoms. The quantitative estimate of drug-likeness (QED) is 0.598. The zero-order valence-electron chi connectivity index (χ0n) is 12.6. The number of nitrogens with one attached hydrogen (secondary N) is 1. The van der Waals surface area contributed by atoms with Gasteiger partial charge in [-0.3, -0.25) is 0 Å². The maximum Gasteiger partial charge on any atom is 0.236 e. The third-order valence-electron chi connectivity index (χ3n) is 3.57. The van der Waals surface area contributed by atoms with Crippen molar-refractivity contribution in [2.75, 3.05) is 5.32 Å². The van der Waals surface area contributed by atoms with Crippen molar-refractivity contribution in [1.29, 1.82) is 5.26 Å². The van der Waals surface area contributed by atoms with Crippen molar-refractivity contribution in [1.82, 2.24) is 9.97 Å². The lowest BCUT2D eigenvalue weighted by Gasteiger charge is -2.08. The van der Waals surface area contributed by atoms with Gasteiger partial charge in [0.25, 0.3) is 0 Å². The van der Waals surface area contributed by atoms with Crippen LogP contribution in [0.5, 0.6) is 0 Å². The molecule has 4 aromatic rings. The van der Waals surface area contributed by atoms with E-state index in [1.807, 2.05) is 41.8 Å². The number of nitrogens with zero attached hydrogens (tertiary/aromatic N) is 3. The van der Waals surface area contributed by atoms with E-state index in [2.05, 4.69) is 21.4 Å². The number of thiophene rings is 1. The van der Waals surface area contributed by atoms with Crippen LogP contribution in [0.25, 0.3) is 21.7 Å². The van der Waals surface area contributed by atoms with Crippen LogP contribution in [0, 0.1) is 11.3 Å². The number of pyridine rings is 1. The average Bonchev–Trinajstić information content (AvgIpc) is 3.30. The summed E-state index contributed by atoms with van der Waals surface area (Å²) in [6.45, 7) is 0.508. The highest BCUT2D eigenvalue weighted by atomic mass is 32.1. The molecule has 0 saturated heterocycles. The monoisotopic (exact) mass is 332 g/mol. The molecule has 5 nitrogen and oxygen atoms in total. The second-order valence-corrected chi connectivity index (χ2v) is 6.11. The number of para-hydroxylation sites is 1. The van der Waals surface area contributed by atoms with Gasteiger partial charge >= 0.3 is 0 Å². The maximum absolute atomic E-state index is 9.15. The molecule has 1 N–H and O–H groups in total. The van der Waals surface area contributed by atoms with Crippen molar-refractivity contribution in [3.8, 4) is 16.8 Å². The van der Waals surface area contributed by atoms with Gasteiger partial charge in [-0.05, 0) is 23.6 Å². The number of fused-ring (bicyclic) bond motifs is 1. The van der Waals surface area contributed by atoms with Crippen LogP contribution in [0.4, 0.5) is 5.69 Å². The van der Waals surface area contributed by atoms with Crippen LogP contribution in [0.2, 0.25) is 0 Å². The molecular weight excluding hydrogens is 320 g/mol. The number of aromatic nitrogens is 2. The number of rotatable bonds is 4. The van der Waals surface area contributed by atoms with Crippen molar-refractivity contribution in [2.24, 2.45) is 0 Å². The highest BCUT2D eigenvalue weighted by Gasteiger charge is 2.09. The molecule has 0 unspecified atom stereocenters. The SMILES string of the molecule is N#Cc1cc(NCc2coc(-c3cccs3)n2)c2ccccc2n1. The van der Waals surface area contributed by atoms with Gasteiger partial charge in [0.1, 0.15) is 18.0 Å². The first kappa shape index (κ1) is 14.4. The van der Waals surface area contributed by atoms with E-state index >= 15 is 0 Å². The molecule has 0 bridgehead atoms. The van der Waals surface area contributed by atoms with Crippen LogP contribution < -0.4 is 5.32 Å². The number of anilines is 1. The van der Waals surface area contributed by atoms with Gasteiger partial charge in [-0.15, -0.1) is 11.3 Å². The minimum Gasteiger partial charge on any atom is -0.443 e. The summed E-state index contributed by atoms with van der Waals surface area (Å²) < 4.78 is 5.52. The predicted octanol–water partition coefficient (Wildman–Crippen LogP) is 4.44. The Morgan fingerprint density at radius 3 is 2.92 bits per heavy atom.